The Morgan fingerprint density at radius 1 is 0.821 bits per heavy atom. The molecule has 4 fully saturated rings. The number of ketones is 3. The number of carbonyl (C=O) groups excluding carboxylic acids is 6. The number of amides is 1. The van der Waals surface area contributed by atoms with Crippen LogP contribution in [0.1, 0.15) is 132 Å². The van der Waals surface area contributed by atoms with Gasteiger partial charge in [0.15, 0.2) is 14.1 Å². The van der Waals surface area contributed by atoms with E-state index in [4.69, 9.17) is 42.2 Å². The van der Waals surface area contributed by atoms with Crippen molar-refractivity contribution in [2.75, 3.05) is 41.1 Å². The van der Waals surface area contributed by atoms with E-state index in [1.54, 1.807) is 35.0 Å². The number of nitrogens with zero attached hydrogens (tertiary/aromatic N) is 1. The maximum Gasteiger partial charge on any atom is 0.493 e. The molecule has 5 aliphatic rings. The molecule has 1 aliphatic carbocycles. The zero-order valence-electron chi connectivity index (χ0n) is 52.6. The van der Waals surface area contributed by atoms with E-state index in [1.807, 2.05) is 114 Å². The van der Waals surface area contributed by atoms with Gasteiger partial charge in [-0.1, -0.05) is 101 Å². The lowest BCUT2D eigenvalue weighted by molar-refractivity contribution is -0.265. The molecule has 1 saturated carbocycles. The van der Waals surface area contributed by atoms with Gasteiger partial charge in [0.25, 0.3) is 11.7 Å². The zero-order chi connectivity index (χ0) is 61.7. The highest BCUT2D eigenvalue weighted by Crippen LogP contribution is 2.39. The minimum absolute atomic E-state index is 0.0132. The standard InChI is InChI=1S/C65H98BNO16Si/c1-41-23-17-15-18-24-42(2)54(75-9)37-50-30-28-47(7)65(74,82-50)60(70)61(71)67-32-22-21-27-51(67)62(72)80-55(38-52(68)43(3)34-46(6)58(83-84(12,13)14)59(77-11)57(69)45(5)33-41)44(4)35-48-29-31-53(56(36-48)76-10)81-63(73)64(8)39-78-66(79-40-64)49-25-19-16-20-26-49/h15-20,23-26,34,41,43-45,47-48,50-51,53-56,58-59,74H,21-22,27-33,35-40H2,1-14H3/b18-15?,23-17+,42-24?,46-34+/t41-,43-,44-,45-,47-,48+,50+,51+,53-,54+,55+,56-,58-,59+,65-/m1/s1. The van der Waals surface area contributed by atoms with Gasteiger partial charge in [-0.05, 0) is 139 Å². The monoisotopic (exact) mass is 1190 g/mol. The average Bonchev–Trinajstić information content (AvgIpc) is 1.82. The van der Waals surface area contributed by atoms with E-state index in [-0.39, 0.29) is 56.0 Å². The van der Waals surface area contributed by atoms with Gasteiger partial charge < -0.3 is 52.2 Å². The van der Waals surface area contributed by atoms with Gasteiger partial charge in [0.05, 0.1) is 24.4 Å². The first-order valence-electron chi connectivity index (χ1n) is 30.7. The van der Waals surface area contributed by atoms with Crippen LogP contribution in [0, 0.1) is 40.9 Å². The summed E-state index contributed by atoms with van der Waals surface area (Å²) in [6.07, 6.45) is 11.9. The second-order valence-electron chi connectivity index (χ2n) is 26.1. The lowest BCUT2D eigenvalue weighted by Crippen LogP contribution is -2.61. The summed E-state index contributed by atoms with van der Waals surface area (Å²) < 4.78 is 55.6. The van der Waals surface area contributed by atoms with E-state index in [0.29, 0.717) is 69.8 Å². The molecule has 1 aromatic rings. The molecule has 466 valence electrons. The third kappa shape index (κ3) is 18.1. The second kappa shape index (κ2) is 31.0. The first kappa shape index (κ1) is 68.7. The zero-order valence-corrected chi connectivity index (χ0v) is 53.6. The summed E-state index contributed by atoms with van der Waals surface area (Å²) in [6, 6.07) is 8.37. The summed E-state index contributed by atoms with van der Waals surface area (Å²) in [5.74, 6) is -8.35. The van der Waals surface area contributed by atoms with Crippen LogP contribution in [-0.2, 0) is 70.9 Å². The molecule has 1 aromatic carbocycles. The fourth-order valence-corrected chi connectivity index (χ4v) is 13.6. The summed E-state index contributed by atoms with van der Waals surface area (Å²) in [5.41, 5.74) is 1.37. The number of rotatable bonds is 11. The van der Waals surface area contributed by atoms with Crippen LogP contribution in [0.25, 0.3) is 0 Å². The molecule has 0 radical (unpaired) electrons. The summed E-state index contributed by atoms with van der Waals surface area (Å²) in [5, 5.41) is 12.1. The lowest BCUT2D eigenvalue weighted by Gasteiger charge is -2.42. The molecule has 19 heteroatoms. The SMILES string of the molecule is CO[C@H]1C[C@@H]2CC[C@@H](C)[C@@](O)(O2)C(=O)C(=O)N2CCCC[C@H]2C(=O)O[C@H]([C@H](C)C[C@@H]2CC[C@@H](OC(=O)C3(C)COB(c4ccccc4)OC3)[C@H](OC)C2)CC(=O)[C@H](C)/C=C(\C)[C@@H](O[Si](C)(C)C)[C@@H](OC)C(=O)[C@H](C)C[C@H](C)/C=C/C=CC=C1C. The Morgan fingerprint density at radius 2 is 1.52 bits per heavy atom. The molecule has 3 saturated heterocycles. The molecule has 0 spiro atoms. The number of allylic oxidation sites excluding steroid dienone is 6. The molecule has 84 heavy (non-hydrogen) atoms. The van der Waals surface area contributed by atoms with Crippen molar-refractivity contribution < 1.29 is 76.0 Å². The molecule has 0 aromatic heterocycles. The van der Waals surface area contributed by atoms with Crippen molar-refractivity contribution in [3.8, 4) is 0 Å². The van der Waals surface area contributed by atoms with Crippen LogP contribution in [-0.4, -0.2) is 156 Å². The number of ether oxygens (including phenoxy) is 6. The fraction of sp³-hybridized carbons (Fsp3) is 0.692. The van der Waals surface area contributed by atoms with Crippen molar-refractivity contribution in [1.29, 1.82) is 0 Å². The normalized spacial score (nSPS) is 34.8. The minimum Gasteiger partial charge on any atom is -0.460 e. The number of hydrogen-bond acceptors (Lipinski definition) is 16. The minimum atomic E-state index is -2.46. The third-order valence-electron chi connectivity index (χ3n) is 17.8. The number of esters is 2. The van der Waals surface area contributed by atoms with Crippen molar-refractivity contribution in [1.82, 2.24) is 4.90 Å². The first-order valence-corrected chi connectivity index (χ1v) is 34.1. The van der Waals surface area contributed by atoms with E-state index in [1.165, 1.54) is 12.0 Å². The average molecular weight is 1190 g/mol. The Hall–Kier alpha value is -4.44. The predicted molar refractivity (Wildman–Crippen MR) is 323 cm³/mol. The summed E-state index contributed by atoms with van der Waals surface area (Å²) in [4.78, 5) is 88.1. The summed E-state index contributed by atoms with van der Waals surface area (Å²) in [6.45, 7) is 21.3. The highest BCUT2D eigenvalue weighted by molar-refractivity contribution is 6.69. The van der Waals surface area contributed by atoms with Gasteiger partial charge in [-0.2, -0.15) is 0 Å². The molecule has 4 heterocycles. The van der Waals surface area contributed by atoms with Crippen LogP contribution in [0.5, 0.6) is 0 Å². The van der Waals surface area contributed by atoms with Crippen LogP contribution in [0.15, 0.2) is 77.9 Å². The molecular formula is C65H98BNO16Si. The molecule has 1 amide bonds. The van der Waals surface area contributed by atoms with Gasteiger partial charge >= 0.3 is 19.1 Å². The Balaban J connectivity index is 1.28. The van der Waals surface area contributed by atoms with Crippen molar-refractivity contribution in [2.24, 2.45) is 40.9 Å². The molecule has 15 atom stereocenters. The van der Waals surface area contributed by atoms with Crippen LogP contribution < -0.4 is 5.46 Å². The second-order valence-corrected chi connectivity index (χ2v) is 30.6. The Bertz CT molecular complexity index is 2520. The molecule has 6 rings (SSSR count). The molecule has 1 N–H and O–H groups in total. The van der Waals surface area contributed by atoms with Gasteiger partial charge in [0.2, 0.25) is 5.79 Å². The van der Waals surface area contributed by atoms with Gasteiger partial charge in [0, 0.05) is 71.7 Å². The van der Waals surface area contributed by atoms with E-state index >= 15 is 0 Å². The van der Waals surface area contributed by atoms with Crippen LogP contribution in [0.3, 0.4) is 0 Å². The number of Topliss-reactive ketones (excluding diaryl/α,β-unsaturated/α-hetero) is 3. The van der Waals surface area contributed by atoms with Crippen LogP contribution in [0.4, 0.5) is 0 Å². The van der Waals surface area contributed by atoms with Gasteiger partial charge in [-0.3, -0.25) is 24.0 Å². The van der Waals surface area contributed by atoms with Crippen molar-refractivity contribution in [3.05, 3.63) is 77.9 Å². The number of piperidine rings is 1. The largest absolute Gasteiger partial charge is 0.493 e. The van der Waals surface area contributed by atoms with Gasteiger partial charge in [-0.25, -0.2) is 4.79 Å². The predicted octanol–water partition coefficient (Wildman–Crippen LogP) is 9.04. The van der Waals surface area contributed by atoms with Crippen molar-refractivity contribution in [2.45, 2.75) is 207 Å². The number of hydrogen-bond donors (Lipinski definition) is 1. The maximum atomic E-state index is 14.8. The van der Waals surface area contributed by atoms with E-state index in [0.717, 1.165) is 11.0 Å². The Morgan fingerprint density at radius 3 is 2.18 bits per heavy atom. The summed E-state index contributed by atoms with van der Waals surface area (Å²) in [7, 11) is 1.77. The quantitative estimate of drug-likeness (QED) is 0.0948. The first-order chi connectivity index (χ1) is 39.7. The molecule has 2 bridgehead atoms. The topological polar surface area (TPSA) is 209 Å². The number of benzene rings is 1. The lowest BCUT2D eigenvalue weighted by atomic mass is 9.75. The van der Waals surface area contributed by atoms with E-state index < -0.39 is 123 Å². The van der Waals surface area contributed by atoms with Crippen LogP contribution in [0.2, 0.25) is 19.6 Å². The molecule has 17 nitrogen and oxygen atoms in total. The highest BCUT2D eigenvalue weighted by atomic mass is 28.4. The van der Waals surface area contributed by atoms with Crippen molar-refractivity contribution >= 4 is 56.1 Å². The Kier molecular flexibility index (Phi) is 25.3. The number of methoxy groups -OCH3 is 3. The van der Waals surface area contributed by atoms with Crippen LogP contribution >= 0.6 is 0 Å². The fourth-order valence-electron chi connectivity index (χ4n) is 12.6. The third-order valence-corrected chi connectivity index (χ3v) is 18.8. The molecule has 0 unspecified atom stereocenters. The Labute approximate surface area is 501 Å². The maximum absolute atomic E-state index is 14.8. The van der Waals surface area contributed by atoms with E-state index in [9.17, 15) is 33.9 Å². The number of aliphatic hydroxyl groups is 1. The number of fused-ring (bicyclic) bond motifs is 3. The number of carbonyl (C=O) groups is 6. The van der Waals surface area contributed by atoms with Gasteiger partial charge in [0.1, 0.15) is 35.6 Å². The van der Waals surface area contributed by atoms with Crippen molar-refractivity contribution in [3.63, 3.8) is 0 Å². The summed E-state index contributed by atoms with van der Waals surface area (Å²) >= 11 is 0. The number of cyclic esters (lactones) is 1. The smallest absolute Gasteiger partial charge is 0.460 e. The molecular weight excluding hydrogens is 1090 g/mol. The van der Waals surface area contributed by atoms with Gasteiger partial charge in [-0.15, -0.1) is 0 Å². The van der Waals surface area contributed by atoms with E-state index in [2.05, 4.69) is 6.92 Å². The molecule has 4 aliphatic heterocycles. The highest BCUT2D eigenvalue weighted by Gasteiger charge is 2.53.